The van der Waals surface area contributed by atoms with Gasteiger partial charge in [0.2, 0.25) is 0 Å². The van der Waals surface area contributed by atoms with Crippen molar-refractivity contribution in [3.63, 3.8) is 0 Å². The molecule has 0 aromatic rings. The maximum absolute atomic E-state index is 12.0. The predicted octanol–water partition coefficient (Wildman–Crippen LogP) is 3.63. The van der Waals surface area contributed by atoms with Gasteiger partial charge in [-0.25, -0.2) is 0 Å². The highest BCUT2D eigenvalue weighted by Crippen LogP contribution is 2.64. The maximum atomic E-state index is 12.0. The predicted molar refractivity (Wildman–Crippen MR) is 127 cm³/mol. The molecule has 32 heavy (non-hydrogen) atoms. The summed E-state index contributed by atoms with van der Waals surface area (Å²) in [6, 6.07) is 0. The van der Waals surface area contributed by atoms with E-state index >= 15 is 0 Å². The van der Waals surface area contributed by atoms with E-state index in [1.165, 1.54) is 32.1 Å². The van der Waals surface area contributed by atoms with Crippen molar-refractivity contribution in [1.82, 2.24) is 4.90 Å². The quantitative estimate of drug-likeness (QED) is 0.446. The zero-order valence-corrected chi connectivity index (χ0v) is 20.9. The molecular weight excluding hydrogens is 406 g/mol. The number of carbonyl (C=O) groups is 1. The Morgan fingerprint density at radius 1 is 0.938 bits per heavy atom. The second-order valence-electron chi connectivity index (χ2n) is 11.4. The third kappa shape index (κ3) is 6.05. The van der Waals surface area contributed by atoms with Gasteiger partial charge in [0.15, 0.2) is 0 Å². The molecule has 3 aliphatic carbocycles. The largest absolute Gasteiger partial charge is 0.481 e. The van der Waals surface area contributed by atoms with Gasteiger partial charge in [-0.3, -0.25) is 9.69 Å². The normalized spacial score (nSPS) is 36.8. The van der Waals surface area contributed by atoms with E-state index < -0.39 is 11.4 Å². The molecule has 3 saturated carbocycles. The van der Waals surface area contributed by atoms with Gasteiger partial charge in [0.05, 0.1) is 25.2 Å². The van der Waals surface area contributed by atoms with Crippen LogP contribution in [-0.4, -0.2) is 70.8 Å². The van der Waals surface area contributed by atoms with Gasteiger partial charge in [-0.1, -0.05) is 27.2 Å². The van der Waals surface area contributed by atoms with Crippen molar-refractivity contribution >= 4 is 5.97 Å². The minimum Gasteiger partial charge on any atom is -0.481 e. The number of aliphatic carboxylic acids is 1. The Hall–Kier alpha value is -0.690. The SMILES string of the molecule is CC(C)C1CC[C@H]2C(CCC3[C@](C)(C(=O)O)CCC[C@@]32C)C1.OCCN(CCO)CCO. The van der Waals surface area contributed by atoms with Crippen molar-refractivity contribution in [2.75, 3.05) is 39.5 Å². The van der Waals surface area contributed by atoms with Gasteiger partial charge in [-0.05, 0) is 86.9 Å². The molecule has 0 spiro atoms. The molecule has 4 N–H and O–H groups in total. The summed E-state index contributed by atoms with van der Waals surface area (Å²) in [7, 11) is 0. The lowest BCUT2D eigenvalue weighted by Crippen LogP contribution is -2.56. The third-order valence-corrected chi connectivity index (χ3v) is 9.35. The van der Waals surface area contributed by atoms with Crippen molar-refractivity contribution < 1.29 is 25.2 Å². The van der Waals surface area contributed by atoms with Gasteiger partial charge in [-0.15, -0.1) is 0 Å². The van der Waals surface area contributed by atoms with E-state index in [2.05, 4.69) is 20.8 Å². The topological polar surface area (TPSA) is 101 Å². The first-order valence-corrected chi connectivity index (χ1v) is 12.9. The summed E-state index contributed by atoms with van der Waals surface area (Å²) in [4.78, 5) is 13.8. The lowest BCUT2D eigenvalue weighted by molar-refractivity contribution is -0.173. The van der Waals surface area contributed by atoms with Gasteiger partial charge < -0.3 is 20.4 Å². The van der Waals surface area contributed by atoms with E-state index in [-0.39, 0.29) is 25.2 Å². The number of aliphatic hydroxyl groups is 3. The molecule has 0 amide bonds. The van der Waals surface area contributed by atoms with Crippen LogP contribution in [0.3, 0.4) is 0 Å². The third-order valence-electron chi connectivity index (χ3n) is 9.35. The van der Waals surface area contributed by atoms with Crippen LogP contribution < -0.4 is 0 Å². The molecule has 0 aromatic heterocycles. The Balaban J connectivity index is 0.000000309. The molecule has 6 nitrogen and oxygen atoms in total. The summed E-state index contributed by atoms with van der Waals surface area (Å²) in [5, 5.41) is 35.3. The van der Waals surface area contributed by atoms with Crippen molar-refractivity contribution in [1.29, 1.82) is 0 Å². The second kappa shape index (κ2) is 12.1. The summed E-state index contributed by atoms with van der Waals surface area (Å²) in [5.41, 5.74) is -0.205. The summed E-state index contributed by atoms with van der Waals surface area (Å²) >= 11 is 0. The van der Waals surface area contributed by atoms with Crippen LogP contribution in [0.25, 0.3) is 0 Å². The molecular formula is C26H49NO5. The van der Waals surface area contributed by atoms with Crippen LogP contribution in [0.1, 0.15) is 79.1 Å². The fourth-order valence-corrected chi connectivity index (χ4v) is 7.49. The average Bonchev–Trinajstić information content (AvgIpc) is 2.74. The molecule has 3 aliphatic rings. The Morgan fingerprint density at radius 3 is 2.03 bits per heavy atom. The molecule has 3 fully saturated rings. The van der Waals surface area contributed by atoms with E-state index in [1.807, 2.05) is 6.92 Å². The van der Waals surface area contributed by atoms with Gasteiger partial charge in [0, 0.05) is 19.6 Å². The van der Waals surface area contributed by atoms with E-state index in [1.54, 1.807) is 4.90 Å². The minimum atomic E-state index is -0.544. The molecule has 0 saturated heterocycles. The number of fused-ring (bicyclic) bond motifs is 3. The first-order valence-electron chi connectivity index (χ1n) is 12.9. The van der Waals surface area contributed by atoms with E-state index in [0.29, 0.717) is 25.6 Å². The smallest absolute Gasteiger partial charge is 0.309 e. The molecule has 0 heterocycles. The van der Waals surface area contributed by atoms with Crippen molar-refractivity contribution in [3.05, 3.63) is 0 Å². The molecule has 0 bridgehead atoms. The Morgan fingerprint density at radius 2 is 1.53 bits per heavy atom. The fourth-order valence-electron chi connectivity index (χ4n) is 7.49. The summed E-state index contributed by atoms with van der Waals surface area (Å²) in [6.07, 6.45) is 9.77. The number of carboxylic acid groups (broad SMARTS) is 1. The number of hydrogen-bond donors (Lipinski definition) is 4. The molecule has 188 valence electrons. The van der Waals surface area contributed by atoms with Gasteiger partial charge >= 0.3 is 5.97 Å². The fraction of sp³-hybridized carbons (Fsp3) is 0.962. The first kappa shape index (κ1) is 27.6. The highest BCUT2D eigenvalue weighted by Gasteiger charge is 2.59. The standard InChI is InChI=1S/C20H34O2.C6H15NO3/c1-13(2)14-6-8-16-15(12-14)7-9-17-19(16,3)10-5-11-20(17,4)18(21)22;8-4-1-7(2-5-9)3-6-10/h13-17H,5-12H2,1-4H3,(H,21,22);8-10H,1-6H2/t14?,15?,16-,17?,19+,20+;/m0./s1. The maximum Gasteiger partial charge on any atom is 0.309 e. The summed E-state index contributed by atoms with van der Waals surface area (Å²) in [6.45, 7) is 11.0. The molecule has 0 radical (unpaired) electrons. The molecule has 6 heteroatoms. The summed E-state index contributed by atoms with van der Waals surface area (Å²) in [5.74, 6) is 3.19. The van der Waals surface area contributed by atoms with Crippen LogP contribution in [0.5, 0.6) is 0 Å². The van der Waals surface area contributed by atoms with Crippen LogP contribution >= 0.6 is 0 Å². The van der Waals surface area contributed by atoms with Crippen LogP contribution in [0.4, 0.5) is 0 Å². The highest BCUT2D eigenvalue weighted by atomic mass is 16.4. The average molecular weight is 456 g/mol. The number of hydrogen-bond acceptors (Lipinski definition) is 5. The molecule has 3 unspecified atom stereocenters. The molecule has 0 aliphatic heterocycles. The minimum absolute atomic E-state index is 0.0694. The van der Waals surface area contributed by atoms with Gasteiger partial charge in [0.1, 0.15) is 0 Å². The van der Waals surface area contributed by atoms with Crippen LogP contribution in [0, 0.1) is 40.4 Å². The Kier molecular flexibility index (Phi) is 10.5. The van der Waals surface area contributed by atoms with E-state index in [0.717, 1.165) is 42.9 Å². The Bertz CT molecular complexity index is 570. The monoisotopic (exact) mass is 455 g/mol. The van der Waals surface area contributed by atoms with Crippen molar-refractivity contribution in [2.24, 2.45) is 40.4 Å². The summed E-state index contributed by atoms with van der Waals surface area (Å²) < 4.78 is 0. The molecule has 0 aromatic carbocycles. The van der Waals surface area contributed by atoms with Crippen LogP contribution in [0.2, 0.25) is 0 Å². The highest BCUT2D eigenvalue weighted by molar-refractivity contribution is 5.75. The molecule has 6 atom stereocenters. The van der Waals surface area contributed by atoms with Crippen LogP contribution in [0.15, 0.2) is 0 Å². The second-order valence-corrected chi connectivity index (χ2v) is 11.4. The number of rotatable bonds is 8. The van der Waals surface area contributed by atoms with E-state index in [4.69, 9.17) is 15.3 Å². The van der Waals surface area contributed by atoms with E-state index in [9.17, 15) is 9.90 Å². The molecule has 3 rings (SSSR count). The number of aliphatic hydroxyl groups excluding tert-OH is 3. The van der Waals surface area contributed by atoms with Gasteiger partial charge in [0.25, 0.3) is 0 Å². The van der Waals surface area contributed by atoms with Crippen LogP contribution in [-0.2, 0) is 4.79 Å². The number of carboxylic acids is 1. The lowest BCUT2D eigenvalue weighted by Gasteiger charge is -2.60. The van der Waals surface area contributed by atoms with Crippen molar-refractivity contribution in [2.45, 2.75) is 79.1 Å². The lowest BCUT2D eigenvalue weighted by atomic mass is 9.43. The van der Waals surface area contributed by atoms with Crippen molar-refractivity contribution in [3.8, 4) is 0 Å². The number of nitrogens with zero attached hydrogens (tertiary/aromatic N) is 1. The first-order chi connectivity index (χ1) is 15.1. The van der Waals surface area contributed by atoms with Gasteiger partial charge in [-0.2, -0.15) is 0 Å². The zero-order chi connectivity index (χ0) is 23.9. The zero-order valence-electron chi connectivity index (χ0n) is 20.9. The Labute approximate surface area is 195 Å².